The van der Waals surface area contributed by atoms with Crippen molar-refractivity contribution >= 4 is 17.8 Å². The predicted molar refractivity (Wildman–Crippen MR) is 105 cm³/mol. The number of aliphatic imine (C=N–C) groups is 1. The highest BCUT2D eigenvalue weighted by atomic mass is 16.2. The van der Waals surface area contributed by atoms with Crippen molar-refractivity contribution in [2.24, 2.45) is 4.99 Å². The number of rotatable bonds is 8. The molecule has 0 saturated carbocycles. The normalized spacial score (nSPS) is 11.6. The molecule has 7 heteroatoms. The molecule has 1 aromatic carbocycles. The van der Waals surface area contributed by atoms with Gasteiger partial charge in [0, 0.05) is 18.6 Å². The highest BCUT2D eigenvalue weighted by molar-refractivity contribution is 5.88. The van der Waals surface area contributed by atoms with Gasteiger partial charge in [-0.05, 0) is 39.7 Å². The number of carbonyl (C=O) groups excluding carboxylic acids is 2. The molecule has 0 atom stereocenters. The summed E-state index contributed by atoms with van der Waals surface area (Å²) in [6.45, 7) is 8.98. The van der Waals surface area contributed by atoms with Gasteiger partial charge in [-0.1, -0.05) is 30.3 Å². The van der Waals surface area contributed by atoms with Crippen molar-refractivity contribution in [3.05, 3.63) is 35.9 Å². The van der Waals surface area contributed by atoms with E-state index in [0.717, 1.165) is 6.42 Å². The van der Waals surface area contributed by atoms with Gasteiger partial charge in [-0.3, -0.25) is 9.59 Å². The van der Waals surface area contributed by atoms with Crippen molar-refractivity contribution < 1.29 is 9.59 Å². The second-order valence-corrected chi connectivity index (χ2v) is 6.93. The molecule has 0 spiro atoms. The Hall–Kier alpha value is -2.57. The maximum atomic E-state index is 11.9. The maximum absolute atomic E-state index is 11.9. The van der Waals surface area contributed by atoms with Gasteiger partial charge >= 0.3 is 0 Å². The second-order valence-electron chi connectivity index (χ2n) is 6.93. The number of amides is 2. The summed E-state index contributed by atoms with van der Waals surface area (Å²) < 4.78 is 0. The minimum atomic E-state index is -0.295. The standard InChI is InChI=1S/C19H31N5O2/c1-5-20-18(23-14-17(26)24-19(2,3)4)22-13-16(25)21-12-11-15-9-7-6-8-10-15/h6-10H,5,11-14H2,1-4H3,(H,21,25)(H,24,26)(H2,20,22,23). The Labute approximate surface area is 156 Å². The van der Waals surface area contributed by atoms with Crippen LogP contribution in [0.1, 0.15) is 33.3 Å². The number of guanidine groups is 1. The zero-order valence-electron chi connectivity index (χ0n) is 16.2. The molecule has 0 bridgehead atoms. The Morgan fingerprint density at radius 1 is 1.00 bits per heavy atom. The Morgan fingerprint density at radius 3 is 2.31 bits per heavy atom. The first kappa shape index (κ1) is 21.5. The van der Waals surface area contributed by atoms with Crippen molar-refractivity contribution in [2.75, 3.05) is 26.2 Å². The Balaban J connectivity index is 2.35. The van der Waals surface area contributed by atoms with Crippen LogP contribution in [0.25, 0.3) is 0 Å². The molecule has 0 aliphatic rings. The van der Waals surface area contributed by atoms with E-state index in [0.29, 0.717) is 19.0 Å². The van der Waals surface area contributed by atoms with E-state index in [4.69, 9.17) is 0 Å². The van der Waals surface area contributed by atoms with Gasteiger partial charge in [0.1, 0.15) is 6.54 Å². The molecule has 1 rings (SSSR count). The molecule has 0 saturated heterocycles. The minimum Gasteiger partial charge on any atom is -0.357 e. The van der Waals surface area contributed by atoms with Crippen LogP contribution in [-0.4, -0.2) is 49.5 Å². The summed E-state index contributed by atoms with van der Waals surface area (Å²) in [5.74, 6) is 0.155. The summed E-state index contributed by atoms with van der Waals surface area (Å²) >= 11 is 0. The third-order valence-electron chi connectivity index (χ3n) is 3.23. The smallest absolute Gasteiger partial charge is 0.242 e. The molecule has 4 N–H and O–H groups in total. The van der Waals surface area contributed by atoms with Crippen LogP contribution in [-0.2, 0) is 16.0 Å². The van der Waals surface area contributed by atoms with E-state index < -0.39 is 0 Å². The zero-order chi connectivity index (χ0) is 19.4. The third-order valence-corrected chi connectivity index (χ3v) is 3.23. The lowest BCUT2D eigenvalue weighted by Gasteiger charge is -2.20. The van der Waals surface area contributed by atoms with Crippen molar-refractivity contribution in [3.63, 3.8) is 0 Å². The summed E-state index contributed by atoms with van der Waals surface area (Å²) in [6.07, 6.45) is 0.785. The first-order chi connectivity index (χ1) is 12.3. The fourth-order valence-corrected chi connectivity index (χ4v) is 2.17. The second kappa shape index (κ2) is 11.1. The summed E-state index contributed by atoms with van der Waals surface area (Å²) in [7, 11) is 0. The van der Waals surface area contributed by atoms with Crippen LogP contribution in [0.15, 0.2) is 35.3 Å². The van der Waals surface area contributed by atoms with E-state index in [9.17, 15) is 9.59 Å². The molecule has 0 aromatic heterocycles. The molecule has 0 heterocycles. The SMILES string of the molecule is CCNC(=NCC(=O)NC(C)(C)C)NCC(=O)NCCc1ccccc1. The van der Waals surface area contributed by atoms with Gasteiger partial charge < -0.3 is 21.3 Å². The van der Waals surface area contributed by atoms with Gasteiger partial charge in [-0.2, -0.15) is 0 Å². The van der Waals surface area contributed by atoms with Crippen molar-refractivity contribution in [2.45, 2.75) is 39.7 Å². The largest absolute Gasteiger partial charge is 0.357 e. The lowest BCUT2D eigenvalue weighted by molar-refractivity contribution is -0.121. The van der Waals surface area contributed by atoms with Crippen LogP contribution in [0.5, 0.6) is 0 Å². The van der Waals surface area contributed by atoms with E-state index in [1.807, 2.05) is 58.0 Å². The van der Waals surface area contributed by atoms with Crippen LogP contribution in [0.2, 0.25) is 0 Å². The molecule has 1 aromatic rings. The van der Waals surface area contributed by atoms with Gasteiger partial charge in [-0.25, -0.2) is 4.99 Å². The first-order valence-electron chi connectivity index (χ1n) is 8.94. The molecule has 7 nitrogen and oxygen atoms in total. The quantitative estimate of drug-likeness (QED) is 0.407. The molecule has 0 aliphatic carbocycles. The van der Waals surface area contributed by atoms with Gasteiger partial charge in [0.2, 0.25) is 11.8 Å². The Kier molecular flexibility index (Phi) is 9.19. The molecule has 0 aliphatic heterocycles. The van der Waals surface area contributed by atoms with E-state index >= 15 is 0 Å². The number of benzene rings is 1. The predicted octanol–water partition coefficient (Wildman–Crippen LogP) is 0.815. The van der Waals surface area contributed by atoms with Crippen LogP contribution < -0.4 is 21.3 Å². The summed E-state index contributed by atoms with van der Waals surface area (Å²) in [5, 5.41) is 11.7. The number of carbonyl (C=O) groups is 2. The van der Waals surface area contributed by atoms with Crippen LogP contribution in [0.4, 0.5) is 0 Å². The van der Waals surface area contributed by atoms with Crippen molar-refractivity contribution in [3.8, 4) is 0 Å². The fraction of sp³-hybridized carbons (Fsp3) is 0.526. The van der Waals surface area contributed by atoms with Crippen molar-refractivity contribution in [1.29, 1.82) is 0 Å². The van der Waals surface area contributed by atoms with Gasteiger partial charge in [0.15, 0.2) is 5.96 Å². The first-order valence-corrected chi connectivity index (χ1v) is 8.94. The molecule has 0 fully saturated rings. The summed E-state index contributed by atoms with van der Waals surface area (Å²) in [4.78, 5) is 28.0. The lowest BCUT2D eigenvalue weighted by Crippen LogP contribution is -2.45. The van der Waals surface area contributed by atoms with Crippen molar-refractivity contribution in [1.82, 2.24) is 21.3 Å². The van der Waals surface area contributed by atoms with E-state index in [1.54, 1.807) is 0 Å². The van der Waals surface area contributed by atoms with Gasteiger partial charge in [-0.15, -0.1) is 0 Å². The van der Waals surface area contributed by atoms with Gasteiger partial charge in [0.05, 0.1) is 6.54 Å². The fourth-order valence-electron chi connectivity index (χ4n) is 2.17. The highest BCUT2D eigenvalue weighted by Crippen LogP contribution is 1.98. The average Bonchev–Trinajstić information content (AvgIpc) is 2.57. The Morgan fingerprint density at radius 2 is 1.69 bits per heavy atom. The number of hydrogen-bond acceptors (Lipinski definition) is 3. The molecule has 2 amide bonds. The van der Waals surface area contributed by atoms with E-state index in [-0.39, 0.29) is 30.4 Å². The van der Waals surface area contributed by atoms with E-state index in [1.165, 1.54) is 5.56 Å². The van der Waals surface area contributed by atoms with Crippen LogP contribution >= 0.6 is 0 Å². The number of nitrogens with zero attached hydrogens (tertiary/aromatic N) is 1. The Bertz CT molecular complexity index is 594. The number of hydrogen-bond donors (Lipinski definition) is 4. The molecular formula is C19H31N5O2. The molecular weight excluding hydrogens is 330 g/mol. The molecule has 26 heavy (non-hydrogen) atoms. The molecule has 0 radical (unpaired) electrons. The zero-order valence-corrected chi connectivity index (χ0v) is 16.2. The topological polar surface area (TPSA) is 94.6 Å². The summed E-state index contributed by atoms with van der Waals surface area (Å²) in [5.41, 5.74) is 0.886. The monoisotopic (exact) mass is 361 g/mol. The van der Waals surface area contributed by atoms with E-state index in [2.05, 4.69) is 26.3 Å². The van der Waals surface area contributed by atoms with Crippen LogP contribution in [0.3, 0.4) is 0 Å². The van der Waals surface area contributed by atoms with Gasteiger partial charge in [0.25, 0.3) is 0 Å². The average molecular weight is 361 g/mol. The number of nitrogens with one attached hydrogen (secondary N) is 4. The minimum absolute atomic E-state index is 0.00221. The maximum Gasteiger partial charge on any atom is 0.242 e. The summed E-state index contributed by atoms with van der Waals surface area (Å²) in [6, 6.07) is 9.99. The molecule has 0 unspecified atom stereocenters. The molecule has 144 valence electrons. The third kappa shape index (κ3) is 10.3. The highest BCUT2D eigenvalue weighted by Gasteiger charge is 2.13. The lowest BCUT2D eigenvalue weighted by atomic mass is 10.1. The van der Waals surface area contributed by atoms with Crippen LogP contribution in [0, 0.1) is 0 Å².